The Labute approximate surface area is 173 Å². The van der Waals surface area contributed by atoms with Crippen LogP contribution in [0.5, 0.6) is 0 Å². The van der Waals surface area contributed by atoms with Crippen molar-refractivity contribution in [3.8, 4) is 0 Å². The molecule has 2 aromatic rings. The normalized spacial score (nSPS) is 22.0. The van der Waals surface area contributed by atoms with Crippen LogP contribution in [-0.2, 0) is 9.47 Å². The number of benzene rings is 2. The van der Waals surface area contributed by atoms with Crippen molar-refractivity contribution in [3.05, 3.63) is 46.3 Å². The highest BCUT2D eigenvalue weighted by molar-refractivity contribution is 14.2. The Morgan fingerprint density at radius 3 is 2.07 bits per heavy atom. The van der Waals surface area contributed by atoms with E-state index in [2.05, 4.69) is 67.4 Å². The largest absolute Gasteiger partial charge is 0.378 e. The molecule has 0 amide bonds. The minimum absolute atomic E-state index is 0.00910. The van der Waals surface area contributed by atoms with Crippen LogP contribution in [0.15, 0.2) is 46.3 Å². The van der Waals surface area contributed by atoms with Gasteiger partial charge in [-0.15, -0.1) is 0 Å². The van der Waals surface area contributed by atoms with E-state index >= 15 is 0 Å². The van der Waals surface area contributed by atoms with Crippen LogP contribution >= 0.6 is 28.9 Å². The molecule has 0 radical (unpaired) electrons. The zero-order valence-corrected chi connectivity index (χ0v) is 18.0. The van der Waals surface area contributed by atoms with E-state index in [1.54, 1.807) is 0 Å². The topological polar surface area (TPSA) is 37.3 Å². The molecule has 5 nitrogen and oxygen atoms in total. The molecule has 1 unspecified atom stereocenters. The first-order chi connectivity index (χ1) is 13.3. The molecule has 3 aliphatic heterocycles. The second-order valence-corrected chi connectivity index (χ2v) is 10.9. The molecule has 5 rings (SSSR count). The van der Waals surface area contributed by atoms with Crippen molar-refractivity contribution in [2.24, 2.45) is 4.99 Å². The summed E-state index contributed by atoms with van der Waals surface area (Å²) < 4.78 is 12.3. The van der Waals surface area contributed by atoms with Crippen molar-refractivity contribution in [1.82, 2.24) is 0 Å². The Kier molecular flexibility index (Phi) is 5.10. The summed E-state index contributed by atoms with van der Waals surface area (Å²) in [6.45, 7) is 7.08. The number of nitrogens with zero attached hydrogens (tertiary/aromatic N) is 3. The number of halogens is 1. The number of rotatable bonds is 2. The molecular weight excluding hydrogens is 473 g/mol. The van der Waals surface area contributed by atoms with E-state index in [1.165, 1.54) is 20.8 Å². The van der Waals surface area contributed by atoms with Gasteiger partial charge >= 0.3 is 0 Å². The van der Waals surface area contributed by atoms with Crippen molar-refractivity contribution in [3.63, 3.8) is 0 Å². The highest BCUT2D eigenvalue weighted by Gasteiger charge is 2.17. The molecule has 0 bridgehead atoms. The van der Waals surface area contributed by atoms with Crippen molar-refractivity contribution < 1.29 is 9.47 Å². The molecule has 0 N–H and O–H groups in total. The molecule has 1 atom stereocenters. The average molecular weight is 495 g/mol. The molecule has 2 aromatic carbocycles. The van der Waals surface area contributed by atoms with Crippen LogP contribution in [0.25, 0.3) is 0 Å². The Hall–Kier alpha value is -1.16. The van der Waals surface area contributed by atoms with Crippen molar-refractivity contribution >= 4 is 45.9 Å². The maximum absolute atomic E-state index is 5.50. The van der Waals surface area contributed by atoms with Crippen LogP contribution in [0.4, 0.5) is 17.1 Å². The first kappa shape index (κ1) is 17.9. The molecule has 0 spiro atoms. The van der Waals surface area contributed by atoms with Crippen LogP contribution in [0.1, 0.15) is 0 Å². The average Bonchev–Trinajstić information content (AvgIpc) is 2.75. The molecule has 0 aliphatic carbocycles. The third-order valence-electron chi connectivity index (χ3n) is 5.27. The summed E-state index contributed by atoms with van der Waals surface area (Å²) in [7, 11) is -0.00910. The van der Waals surface area contributed by atoms with E-state index in [-0.39, 0.29) is 7.66 Å². The molecular formula is C20H22IN3O2S. The van der Waals surface area contributed by atoms with Gasteiger partial charge < -0.3 is 19.3 Å². The number of anilines is 2. The highest BCUT2D eigenvalue weighted by atomic mass is 127. The number of fused-ring (bicyclic) bond motifs is 2. The third kappa shape index (κ3) is 3.50. The van der Waals surface area contributed by atoms with Crippen LogP contribution < -0.4 is 15.2 Å². The minimum Gasteiger partial charge on any atom is -0.378 e. The van der Waals surface area contributed by atoms with Gasteiger partial charge in [-0.3, -0.25) is 0 Å². The second kappa shape index (κ2) is 7.69. The van der Waals surface area contributed by atoms with Gasteiger partial charge in [0.1, 0.15) is 0 Å². The van der Waals surface area contributed by atoms with Crippen molar-refractivity contribution in [1.29, 1.82) is 0 Å². The van der Waals surface area contributed by atoms with Crippen molar-refractivity contribution in [2.45, 2.75) is 4.90 Å². The summed E-state index contributed by atoms with van der Waals surface area (Å²) in [5.74, 6) is 0. The van der Waals surface area contributed by atoms with Gasteiger partial charge in [-0.05, 0) is 57.6 Å². The molecule has 27 heavy (non-hydrogen) atoms. The number of hydrogen-bond acceptors (Lipinski definition) is 5. The quantitative estimate of drug-likeness (QED) is 0.472. The Bertz CT molecular complexity index is 985. The number of ether oxygens (including phenoxy) is 2. The molecule has 142 valence electrons. The Morgan fingerprint density at radius 2 is 1.41 bits per heavy atom. The Balaban J connectivity index is 1.56. The smallest absolute Gasteiger partial charge is 0.0777 e. The molecule has 7 heteroatoms. The minimum atomic E-state index is -0.00910. The van der Waals surface area contributed by atoms with E-state index < -0.39 is 0 Å². The van der Waals surface area contributed by atoms with E-state index in [0.29, 0.717) is 0 Å². The van der Waals surface area contributed by atoms with Gasteiger partial charge in [0.05, 0.1) is 37.5 Å². The van der Waals surface area contributed by atoms with Crippen LogP contribution in [0.3, 0.4) is 0 Å². The first-order valence-corrected chi connectivity index (χ1v) is 13.1. The second-order valence-electron chi connectivity index (χ2n) is 6.87. The maximum atomic E-state index is 5.50. The van der Waals surface area contributed by atoms with E-state index in [4.69, 9.17) is 14.5 Å². The fraction of sp³-hybridized carbons (Fsp3) is 0.400. The number of hydrogen-bond donors (Lipinski definition) is 0. The van der Waals surface area contributed by atoms with Crippen molar-refractivity contribution in [2.75, 3.05) is 62.4 Å². The van der Waals surface area contributed by atoms with Gasteiger partial charge in [-0.2, -0.15) is 0 Å². The summed E-state index contributed by atoms with van der Waals surface area (Å²) in [5, 5.41) is 1.11. The van der Waals surface area contributed by atoms with Gasteiger partial charge in [0, 0.05) is 47.0 Å². The lowest BCUT2D eigenvalue weighted by atomic mass is 10.2. The summed E-state index contributed by atoms with van der Waals surface area (Å²) in [4.78, 5) is 11.1. The molecule has 2 saturated heterocycles. The molecule has 3 heterocycles. The van der Waals surface area contributed by atoms with Crippen LogP contribution in [-0.4, -0.2) is 52.6 Å². The number of morpholine rings is 2. The zero-order chi connectivity index (χ0) is 18.2. The fourth-order valence-electron chi connectivity index (χ4n) is 3.76. The van der Waals surface area contributed by atoms with Crippen LogP contribution in [0, 0.1) is 4.51 Å². The molecule has 3 aliphatic rings. The zero-order valence-electron chi connectivity index (χ0n) is 15.1. The van der Waals surface area contributed by atoms with E-state index in [9.17, 15) is 0 Å². The van der Waals surface area contributed by atoms with Gasteiger partial charge in [-0.25, -0.2) is 4.99 Å². The van der Waals surface area contributed by atoms with Gasteiger partial charge in [-0.1, -0.05) is 7.66 Å². The van der Waals surface area contributed by atoms with E-state index in [1.807, 2.05) is 0 Å². The molecule has 0 aromatic heterocycles. The third-order valence-corrected chi connectivity index (χ3v) is 9.54. The lowest BCUT2D eigenvalue weighted by Crippen LogP contribution is -2.36. The summed E-state index contributed by atoms with van der Waals surface area (Å²) in [6, 6.07) is 13.4. The first-order valence-electron chi connectivity index (χ1n) is 9.35. The van der Waals surface area contributed by atoms with E-state index in [0.717, 1.165) is 63.7 Å². The van der Waals surface area contributed by atoms with Crippen LogP contribution in [0.2, 0.25) is 0 Å². The van der Waals surface area contributed by atoms with Gasteiger partial charge in [0.2, 0.25) is 0 Å². The fourth-order valence-corrected chi connectivity index (χ4v) is 7.16. The molecule has 0 saturated carbocycles. The predicted molar refractivity (Wildman–Crippen MR) is 118 cm³/mol. The summed E-state index contributed by atoms with van der Waals surface area (Å²) in [6.07, 6.45) is 0. The summed E-state index contributed by atoms with van der Waals surface area (Å²) in [5.41, 5.74) is 3.68. The summed E-state index contributed by atoms with van der Waals surface area (Å²) >= 11 is 2.60. The molecule has 2 fully saturated rings. The lowest BCUT2D eigenvalue weighted by Gasteiger charge is -2.30. The Morgan fingerprint density at radius 1 is 0.815 bits per heavy atom. The SMILES string of the molecule is IS1=c2cc(N3CCOCC3)ccc2=Nc2ccc(N3CCOCC3)cc21. The lowest BCUT2D eigenvalue weighted by molar-refractivity contribution is 0.122. The maximum Gasteiger partial charge on any atom is 0.0777 e. The highest BCUT2D eigenvalue weighted by Crippen LogP contribution is 2.46. The van der Waals surface area contributed by atoms with Gasteiger partial charge in [0.15, 0.2) is 0 Å². The monoisotopic (exact) mass is 495 g/mol. The van der Waals surface area contributed by atoms with Gasteiger partial charge in [0.25, 0.3) is 0 Å². The predicted octanol–water partition coefficient (Wildman–Crippen LogP) is 3.55. The standard InChI is InChI=1S/C20H22IN3O2S/c21-27-19-13-15(23-5-9-25-10-6-23)1-3-17(19)22-18-4-2-16(14-20(18)27)24-7-11-26-12-8-24/h1-4,13-14H,5-12H2.